The van der Waals surface area contributed by atoms with Gasteiger partial charge in [0.1, 0.15) is 5.60 Å². The minimum absolute atomic E-state index is 0.00728. The Balaban J connectivity index is 1.65. The molecular formula is C29H40N4O4. The van der Waals surface area contributed by atoms with Gasteiger partial charge in [0.25, 0.3) is 0 Å². The van der Waals surface area contributed by atoms with Crippen LogP contribution in [0.1, 0.15) is 52.1 Å². The molecule has 8 heteroatoms. The van der Waals surface area contributed by atoms with Crippen LogP contribution in [0, 0.1) is 12.3 Å². The van der Waals surface area contributed by atoms with Crippen molar-refractivity contribution in [1.29, 1.82) is 0 Å². The fraction of sp³-hybridized carbons (Fsp3) is 0.517. The summed E-state index contributed by atoms with van der Waals surface area (Å²) in [5.74, 6) is 2.32. The van der Waals surface area contributed by atoms with E-state index < -0.39 is 23.8 Å². The number of aliphatic hydroxyl groups is 1. The van der Waals surface area contributed by atoms with Gasteiger partial charge in [-0.15, -0.1) is 6.42 Å². The number of ether oxygens (including phenoxy) is 1. The van der Waals surface area contributed by atoms with Gasteiger partial charge in [0, 0.05) is 31.7 Å². The molecule has 0 aliphatic carbocycles. The van der Waals surface area contributed by atoms with Crippen LogP contribution in [0.3, 0.4) is 0 Å². The molecule has 2 aromatic rings. The number of hydrogen-bond donors (Lipinski definition) is 3. The highest BCUT2D eigenvalue weighted by atomic mass is 16.6. The van der Waals surface area contributed by atoms with Crippen LogP contribution in [0.2, 0.25) is 0 Å². The molecule has 2 aromatic carbocycles. The topological polar surface area (TPSA) is 94.1 Å². The first-order valence-corrected chi connectivity index (χ1v) is 12.9. The summed E-state index contributed by atoms with van der Waals surface area (Å²) in [6.07, 6.45) is 5.27. The van der Waals surface area contributed by atoms with Gasteiger partial charge in [0.05, 0.1) is 19.2 Å². The Morgan fingerprint density at radius 2 is 1.84 bits per heavy atom. The van der Waals surface area contributed by atoms with Crippen LogP contribution >= 0.6 is 0 Å². The van der Waals surface area contributed by atoms with Gasteiger partial charge in [-0.2, -0.15) is 0 Å². The zero-order valence-electron chi connectivity index (χ0n) is 22.4. The molecule has 0 aromatic heterocycles. The zero-order chi connectivity index (χ0) is 27.0. The van der Waals surface area contributed by atoms with Crippen molar-refractivity contribution in [1.82, 2.24) is 20.4 Å². The molecule has 1 unspecified atom stereocenters. The van der Waals surface area contributed by atoms with Crippen LogP contribution in [0.4, 0.5) is 9.59 Å². The Labute approximate surface area is 220 Å². The maximum atomic E-state index is 13.1. The van der Waals surface area contributed by atoms with E-state index in [1.165, 1.54) is 16.3 Å². The molecule has 1 aliphatic heterocycles. The third kappa shape index (κ3) is 8.11. The van der Waals surface area contributed by atoms with Gasteiger partial charge in [-0.1, -0.05) is 48.4 Å². The van der Waals surface area contributed by atoms with Gasteiger partial charge < -0.3 is 25.4 Å². The van der Waals surface area contributed by atoms with Gasteiger partial charge >= 0.3 is 12.1 Å². The van der Waals surface area contributed by atoms with Crippen molar-refractivity contribution in [2.45, 2.75) is 64.3 Å². The van der Waals surface area contributed by atoms with E-state index in [-0.39, 0.29) is 31.7 Å². The summed E-state index contributed by atoms with van der Waals surface area (Å²) < 4.78 is 5.66. The van der Waals surface area contributed by atoms with Crippen molar-refractivity contribution in [3.8, 4) is 12.3 Å². The summed E-state index contributed by atoms with van der Waals surface area (Å²) in [5.41, 5.74) is 0.641. The molecule has 0 bridgehead atoms. The molecule has 1 aliphatic rings. The number of nitrogens with one attached hydrogen (secondary N) is 2. The normalized spacial score (nSPS) is 16.4. The van der Waals surface area contributed by atoms with Crippen molar-refractivity contribution >= 4 is 22.9 Å². The number of rotatable bonds is 8. The molecule has 1 heterocycles. The van der Waals surface area contributed by atoms with E-state index in [4.69, 9.17) is 11.2 Å². The standard InChI is InChI=1S/C29H40N4O4/c1-6-16-30-27(35)31-19-24(34)20-33(28(36)37-29(3,4)5)23-14-17-32(18-15-23)21(2)25-13-9-11-22-10-7-8-12-26(22)25/h1,7-13,21,23-24,34H,14-20H2,2-5H3,(H2,30,31,35)/t21-,24?/m1/s1. The predicted molar refractivity (Wildman–Crippen MR) is 146 cm³/mol. The van der Waals surface area contributed by atoms with Crippen LogP contribution in [-0.2, 0) is 4.74 Å². The van der Waals surface area contributed by atoms with Gasteiger partial charge in [-0.05, 0) is 56.9 Å². The summed E-state index contributed by atoms with van der Waals surface area (Å²) in [7, 11) is 0. The number of carbonyl (C=O) groups is 2. The summed E-state index contributed by atoms with van der Waals surface area (Å²) in [6, 6.07) is 14.6. The minimum Gasteiger partial charge on any atom is -0.444 e. The molecule has 0 radical (unpaired) electrons. The fourth-order valence-corrected chi connectivity index (χ4v) is 4.79. The van der Waals surface area contributed by atoms with Gasteiger partial charge in [0.15, 0.2) is 0 Å². The Morgan fingerprint density at radius 1 is 1.16 bits per heavy atom. The first-order valence-electron chi connectivity index (χ1n) is 12.9. The Morgan fingerprint density at radius 3 is 2.51 bits per heavy atom. The minimum atomic E-state index is -0.947. The third-order valence-electron chi connectivity index (χ3n) is 6.65. The lowest BCUT2D eigenvalue weighted by Crippen LogP contribution is -2.53. The van der Waals surface area contributed by atoms with E-state index in [9.17, 15) is 14.7 Å². The molecule has 1 saturated heterocycles. The number of hydrogen-bond acceptors (Lipinski definition) is 5. The fourth-order valence-electron chi connectivity index (χ4n) is 4.79. The second-order valence-corrected chi connectivity index (χ2v) is 10.6. The molecule has 0 spiro atoms. The number of benzene rings is 2. The van der Waals surface area contributed by atoms with Crippen LogP contribution in [0.5, 0.6) is 0 Å². The lowest BCUT2D eigenvalue weighted by atomic mass is 9.95. The quantitative estimate of drug-likeness (QED) is 0.471. The predicted octanol–water partition coefficient (Wildman–Crippen LogP) is 3.90. The third-order valence-corrected chi connectivity index (χ3v) is 6.65. The van der Waals surface area contributed by atoms with E-state index in [1.54, 1.807) is 4.90 Å². The zero-order valence-corrected chi connectivity index (χ0v) is 22.4. The second kappa shape index (κ2) is 12.8. The molecule has 37 heavy (non-hydrogen) atoms. The van der Waals surface area contributed by atoms with E-state index in [0.717, 1.165) is 25.9 Å². The average molecular weight is 509 g/mol. The van der Waals surface area contributed by atoms with Crippen molar-refractivity contribution in [2.75, 3.05) is 32.7 Å². The van der Waals surface area contributed by atoms with Crippen LogP contribution in [0.25, 0.3) is 10.8 Å². The molecule has 3 rings (SSSR count). The number of likely N-dealkylation sites (tertiary alicyclic amines) is 1. The van der Waals surface area contributed by atoms with Gasteiger partial charge in [0.2, 0.25) is 0 Å². The van der Waals surface area contributed by atoms with Crippen molar-refractivity contribution in [3.63, 3.8) is 0 Å². The van der Waals surface area contributed by atoms with E-state index in [1.807, 2.05) is 20.8 Å². The van der Waals surface area contributed by atoms with Gasteiger partial charge in [-0.3, -0.25) is 4.90 Å². The number of fused-ring (bicyclic) bond motifs is 1. The van der Waals surface area contributed by atoms with Crippen LogP contribution in [0.15, 0.2) is 42.5 Å². The van der Waals surface area contributed by atoms with Crippen molar-refractivity contribution < 1.29 is 19.4 Å². The summed E-state index contributed by atoms with van der Waals surface area (Å²) >= 11 is 0. The van der Waals surface area contributed by atoms with E-state index >= 15 is 0 Å². The smallest absolute Gasteiger partial charge is 0.410 e. The molecule has 2 atom stereocenters. The summed E-state index contributed by atoms with van der Waals surface area (Å²) in [4.78, 5) is 29.0. The average Bonchev–Trinajstić information content (AvgIpc) is 2.87. The molecular weight excluding hydrogens is 468 g/mol. The maximum Gasteiger partial charge on any atom is 0.410 e. The highest BCUT2D eigenvalue weighted by molar-refractivity contribution is 5.86. The molecule has 3 N–H and O–H groups in total. The van der Waals surface area contributed by atoms with Crippen LogP contribution < -0.4 is 10.6 Å². The molecule has 1 fully saturated rings. The Kier molecular flexibility index (Phi) is 9.79. The number of amides is 3. The van der Waals surface area contributed by atoms with Crippen molar-refractivity contribution in [3.05, 3.63) is 48.0 Å². The molecule has 8 nitrogen and oxygen atoms in total. The highest BCUT2D eigenvalue weighted by Gasteiger charge is 2.33. The molecule has 0 saturated carbocycles. The first kappa shape index (κ1) is 28.3. The first-order chi connectivity index (χ1) is 17.6. The van der Waals surface area contributed by atoms with E-state index in [2.05, 4.69) is 70.8 Å². The SMILES string of the molecule is C#CCNC(=O)NCC(O)CN(C(=O)OC(C)(C)C)C1CCN([C@H](C)c2cccc3ccccc23)CC1. The number of nitrogens with zero attached hydrogens (tertiary/aromatic N) is 2. The summed E-state index contributed by atoms with van der Waals surface area (Å²) in [6.45, 7) is 9.49. The highest BCUT2D eigenvalue weighted by Crippen LogP contribution is 2.31. The second-order valence-electron chi connectivity index (χ2n) is 10.6. The summed E-state index contributed by atoms with van der Waals surface area (Å²) in [5, 5.41) is 18.2. The monoisotopic (exact) mass is 508 g/mol. The number of piperidine rings is 1. The molecule has 200 valence electrons. The largest absolute Gasteiger partial charge is 0.444 e. The lowest BCUT2D eigenvalue weighted by molar-refractivity contribution is -0.00615. The van der Waals surface area contributed by atoms with E-state index in [0.29, 0.717) is 0 Å². The molecule has 3 amide bonds. The number of terminal acetylenes is 1. The number of urea groups is 1. The maximum absolute atomic E-state index is 13.1. The number of carbonyl (C=O) groups excluding carboxylic acids is 2. The Hall–Kier alpha value is -3.28. The lowest BCUT2D eigenvalue weighted by Gasteiger charge is -2.41. The van der Waals surface area contributed by atoms with Crippen LogP contribution in [-0.4, -0.2) is 77.5 Å². The Bertz CT molecular complexity index is 1090. The number of aliphatic hydroxyl groups excluding tert-OH is 1. The van der Waals surface area contributed by atoms with Crippen molar-refractivity contribution in [2.24, 2.45) is 0 Å². The van der Waals surface area contributed by atoms with Gasteiger partial charge in [-0.25, -0.2) is 9.59 Å².